The number of hydrogen-bond donors (Lipinski definition) is 0. The molecule has 0 amide bonds. The molecule has 0 spiro atoms. The van der Waals surface area contributed by atoms with Gasteiger partial charge in [-0.25, -0.2) is 9.97 Å². The van der Waals surface area contributed by atoms with Gasteiger partial charge in [-0.3, -0.25) is 9.13 Å². The summed E-state index contributed by atoms with van der Waals surface area (Å²) < 4.78 is 4.34. The number of benzene rings is 4. The number of fused-ring (bicyclic) bond motifs is 5. The summed E-state index contributed by atoms with van der Waals surface area (Å²) in [5.74, 6) is 0. The summed E-state index contributed by atoms with van der Waals surface area (Å²) in [6.07, 6.45) is 4.76. The molecule has 0 saturated carbocycles. The van der Waals surface area contributed by atoms with Gasteiger partial charge in [0.1, 0.15) is 12.7 Å². The van der Waals surface area contributed by atoms with Crippen molar-refractivity contribution in [2.75, 3.05) is 0 Å². The molecule has 4 aromatic carbocycles. The monoisotopic (exact) mass is 398 g/mol. The molecule has 6 aromatic rings. The molecule has 0 bridgehead atoms. The van der Waals surface area contributed by atoms with E-state index in [1.54, 1.807) is 0 Å². The summed E-state index contributed by atoms with van der Waals surface area (Å²) in [4.78, 5) is 9.09. The van der Waals surface area contributed by atoms with E-state index in [0.717, 1.165) is 39.9 Å². The zero-order valence-electron chi connectivity index (χ0n) is 16.7. The Morgan fingerprint density at radius 2 is 1.03 bits per heavy atom. The van der Waals surface area contributed by atoms with Crippen molar-refractivity contribution in [1.82, 2.24) is 19.1 Å². The van der Waals surface area contributed by atoms with Crippen LogP contribution in [-0.4, -0.2) is 19.1 Å². The lowest BCUT2D eigenvalue weighted by molar-refractivity contribution is 1.08. The standard InChI is InChI=1S/C27H18N4/c1-3-7-26-24(5-1)28-16-30(26)20-9-11-22-18(14-20)13-19-15-21(10-12-23(19)22)31-17-29-25-6-2-4-8-27(25)31/h1-12,14-17H,13H2. The van der Waals surface area contributed by atoms with Gasteiger partial charge in [0, 0.05) is 11.4 Å². The minimum Gasteiger partial charge on any atom is -0.299 e. The molecule has 0 radical (unpaired) electrons. The minimum absolute atomic E-state index is 0.936. The van der Waals surface area contributed by atoms with Crippen LogP contribution in [-0.2, 0) is 6.42 Å². The van der Waals surface area contributed by atoms with Crippen molar-refractivity contribution >= 4 is 22.1 Å². The summed E-state index contributed by atoms with van der Waals surface area (Å²) in [6.45, 7) is 0. The Balaban J connectivity index is 1.30. The maximum atomic E-state index is 4.55. The quantitative estimate of drug-likeness (QED) is 0.361. The second-order valence-corrected chi connectivity index (χ2v) is 8.07. The molecule has 0 N–H and O–H groups in total. The van der Waals surface area contributed by atoms with Crippen molar-refractivity contribution < 1.29 is 0 Å². The lowest BCUT2D eigenvalue weighted by Gasteiger charge is -2.08. The predicted molar refractivity (Wildman–Crippen MR) is 124 cm³/mol. The molecule has 1 aliphatic rings. The van der Waals surface area contributed by atoms with Gasteiger partial charge in [0.2, 0.25) is 0 Å². The average molecular weight is 398 g/mol. The molecule has 4 nitrogen and oxygen atoms in total. The fourth-order valence-corrected chi connectivity index (χ4v) is 4.81. The molecule has 0 saturated heterocycles. The Morgan fingerprint density at radius 1 is 0.548 bits per heavy atom. The largest absolute Gasteiger partial charge is 0.299 e. The summed E-state index contributed by atoms with van der Waals surface area (Å²) in [7, 11) is 0. The second-order valence-electron chi connectivity index (χ2n) is 8.07. The molecule has 4 heteroatoms. The molecule has 146 valence electrons. The van der Waals surface area contributed by atoms with Crippen molar-refractivity contribution in [2.45, 2.75) is 6.42 Å². The van der Waals surface area contributed by atoms with Crippen LogP contribution in [0.25, 0.3) is 44.6 Å². The van der Waals surface area contributed by atoms with Gasteiger partial charge in [0.25, 0.3) is 0 Å². The normalized spacial score (nSPS) is 12.4. The van der Waals surface area contributed by atoms with E-state index in [9.17, 15) is 0 Å². The molecule has 0 unspecified atom stereocenters. The van der Waals surface area contributed by atoms with Crippen LogP contribution < -0.4 is 0 Å². The fraction of sp³-hybridized carbons (Fsp3) is 0.0370. The van der Waals surface area contributed by atoms with E-state index in [-0.39, 0.29) is 0 Å². The molecular weight excluding hydrogens is 380 g/mol. The molecule has 1 aliphatic carbocycles. The Hall–Kier alpha value is -4.18. The Labute approximate surface area is 179 Å². The summed E-state index contributed by atoms with van der Waals surface area (Å²) in [5.41, 5.74) is 12.0. The average Bonchev–Trinajstić information content (AvgIpc) is 3.52. The topological polar surface area (TPSA) is 35.6 Å². The van der Waals surface area contributed by atoms with Crippen LogP contribution in [0.4, 0.5) is 0 Å². The fourth-order valence-electron chi connectivity index (χ4n) is 4.81. The van der Waals surface area contributed by atoms with E-state index in [2.05, 4.69) is 91.9 Å². The summed E-state index contributed by atoms with van der Waals surface area (Å²) >= 11 is 0. The van der Waals surface area contributed by atoms with Gasteiger partial charge in [-0.05, 0) is 77.2 Å². The van der Waals surface area contributed by atoms with Crippen molar-refractivity contribution in [3.8, 4) is 22.5 Å². The third-order valence-electron chi connectivity index (χ3n) is 6.31. The molecule has 0 atom stereocenters. The van der Waals surface area contributed by atoms with E-state index in [1.807, 2.05) is 24.8 Å². The number of rotatable bonds is 2. The minimum atomic E-state index is 0.936. The lowest BCUT2D eigenvalue weighted by Crippen LogP contribution is -1.93. The van der Waals surface area contributed by atoms with Crippen LogP contribution in [0.15, 0.2) is 97.6 Å². The number of aromatic nitrogens is 4. The first-order valence-electron chi connectivity index (χ1n) is 10.5. The predicted octanol–water partition coefficient (Wildman–Crippen LogP) is 5.94. The smallest absolute Gasteiger partial charge is 0.100 e. The first-order valence-corrected chi connectivity index (χ1v) is 10.5. The molecule has 2 heterocycles. The van der Waals surface area contributed by atoms with Gasteiger partial charge >= 0.3 is 0 Å². The molecule has 2 aromatic heterocycles. The maximum Gasteiger partial charge on any atom is 0.100 e. The Bertz CT molecular complexity index is 1500. The van der Waals surface area contributed by atoms with E-state index in [0.29, 0.717) is 0 Å². The molecule has 0 aliphatic heterocycles. The van der Waals surface area contributed by atoms with Crippen LogP contribution in [0, 0.1) is 0 Å². The molecule has 0 fully saturated rings. The van der Waals surface area contributed by atoms with Gasteiger partial charge in [0.05, 0.1) is 22.1 Å². The number of imidazole rings is 2. The summed E-state index contributed by atoms with van der Waals surface area (Å²) in [6, 6.07) is 30.0. The highest BCUT2D eigenvalue weighted by atomic mass is 15.1. The van der Waals surface area contributed by atoms with Gasteiger partial charge in [-0.15, -0.1) is 0 Å². The summed E-state index contributed by atoms with van der Waals surface area (Å²) in [5, 5.41) is 0. The van der Waals surface area contributed by atoms with E-state index in [1.165, 1.54) is 22.3 Å². The van der Waals surface area contributed by atoms with Crippen LogP contribution in [0.5, 0.6) is 0 Å². The second kappa shape index (κ2) is 6.16. The third kappa shape index (κ3) is 2.42. The zero-order valence-corrected chi connectivity index (χ0v) is 16.7. The molecule has 7 rings (SSSR count). The van der Waals surface area contributed by atoms with Crippen LogP contribution in [0.1, 0.15) is 11.1 Å². The maximum absolute atomic E-state index is 4.55. The van der Waals surface area contributed by atoms with Gasteiger partial charge in [-0.2, -0.15) is 0 Å². The van der Waals surface area contributed by atoms with Crippen molar-refractivity contribution in [3.05, 3.63) is 109 Å². The highest BCUT2D eigenvalue weighted by Gasteiger charge is 2.20. The van der Waals surface area contributed by atoms with E-state index in [4.69, 9.17) is 0 Å². The molecule has 31 heavy (non-hydrogen) atoms. The van der Waals surface area contributed by atoms with Crippen molar-refractivity contribution in [1.29, 1.82) is 0 Å². The number of hydrogen-bond acceptors (Lipinski definition) is 2. The van der Waals surface area contributed by atoms with Gasteiger partial charge in [-0.1, -0.05) is 36.4 Å². The number of nitrogens with zero attached hydrogens (tertiary/aromatic N) is 4. The lowest BCUT2D eigenvalue weighted by atomic mass is 10.0. The van der Waals surface area contributed by atoms with Crippen LogP contribution in [0.3, 0.4) is 0 Å². The van der Waals surface area contributed by atoms with Crippen LogP contribution >= 0.6 is 0 Å². The van der Waals surface area contributed by atoms with Gasteiger partial charge < -0.3 is 0 Å². The van der Waals surface area contributed by atoms with Crippen molar-refractivity contribution in [3.63, 3.8) is 0 Å². The molecular formula is C27H18N4. The Kier molecular flexibility index (Phi) is 3.30. The van der Waals surface area contributed by atoms with Crippen molar-refractivity contribution in [2.24, 2.45) is 0 Å². The van der Waals surface area contributed by atoms with Crippen LogP contribution in [0.2, 0.25) is 0 Å². The highest BCUT2D eigenvalue weighted by Crippen LogP contribution is 2.39. The highest BCUT2D eigenvalue weighted by molar-refractivity contribution is 5.82. The first-order chi connectivity index (χ1) is 15.3. The van der Waals surface area contributed by atoms with E-state index >= 15 is 0 Å². The van der Waals surface area contributed by atoms with Gasteiger partial charge in [0.15, 0.2) is 0 Å². The SMILES string of the molecule is c1ccc2c(c1)ncn2-c1ccc2c(c1)Cc1cc(-n3cnc4ccccc43)ccc1-2. The number of para-hydroxylation sites is 4. The van der Waals surface area contributed by atoms with E-state index < -0.39 is 0 Å². The third-order valence-corrected chi connectivity index (χ3v) is 6.31. The zero-order chi connectivity index (χ0) is 20.4. The first kappa shape index (κ1) is 16.6. The Morgan fingerprint density at radius 3 is 1.55 bits per heavy atom.